The van der Waals surface area contributed by atoms with Gasteiger partial charge in [-0.05, 0) is 36.8 Å². The smallest absolute Gasteiger partial charge is 0.203 e. The standard InChI is InChI=1S/C23H21N5O3/c1-13-19-20(14-10-17(29-2)21(31-4)18(11-14)30-3)16(12-24)22(25)26-23(19)28(27-13)15-8-6-5-7-9-15/h5-11H,1-4H3,(H2,25,26). The first-order chi connectivity index (χ1) is 15.0. The molecule has 31 heavy (non-hydrogen) atoms. The van der Waals surface area contributed by atoms with E-state index in [-0.39, 0.29) is 11.4 Å². The minimum absolute atomic E-state index is 0.121. The Morgan fingerprint density at radius 2 is 1.65 bits per heavy atom. The Morgan fingerprint density at radius 1 is 1.00 bits per heavy atom. The van der Waals surface area contributed by atoms with Crippen molar-refractivity contribution in [2.24, 2.45) is 0 Å². The van der Waals surface area contributed by atoms with Crippen molar-refractivity contribution in [3.8, 4) is 40.1 Å². The summed E-state index contributed by atoms with van der Waals surface area (Å²) in [5, 5.41) is 15.3. The van der Waals surface area contributed by atoms with Crippen molar-refractivity contribution in [3.05, 3.63) is 53.7 Å². The number of nitrogens with two attached hydrogens (primary N) is 1. The summed E-state index contributed by atoms with van der Waals surface area (Å²) in [6.45, 7) is 1.88. The number of nitrogens with zero attached hydrogens (tertiary/aromatic N) is 4. The zero-order chi connectivity index (χ0) is 22.1. The fourth-order valence-electron chi connectivity index (χ4n) is 3.71. The van der Waals surface area contributed by atoms with Crippen LogP contribution in [0.15, 0.2) is 42.5 Å². The normalized spacial score (nSPS) is 10.7. The van der Waals surface area contributed by atoms with Crippen LogP contribution in [0.1, 0.15) is 11.3 Å². The number of pyridine rings is 1. The van der Waals surface area contributed by atoms with E-state index in [2.05, 4.69) is 16.2 Å². The number of hydrogen-bond donors (Lipinski definition) is 1. The average molecular weight is 415 g/mol. The summed E-state index contributed by atoms with van der Waals surface area (Å²) in [5.41, 5.74) is 9.90. The third-order valence-corrected chi connectivity index (χ3v) is 5.08. The molecule has 0 saturated heterocycles. The molecular weight excluding hydrogens is 394 g/mol. The Hall–Kier alpha value is -4.25. The molecule has 8 heteroatoms. The molecule has 0 bridgehead atoms. The second-order valence-corrected chi connectivity index (χ2v) is 6.80. The molecule has 4 rings (SSSR count). The molecule has 4 aromatic rings. The van der Waals surface area contributed by atoms with Gasteiger partial charge in [-0.15, -0.1) is 0 Å². The molecule has 0 aliphatic rings. The van der Waals surface area contributed by atoms with Crippen molar-refractivity contribution in [1.82, 2.24) is 14.8 Å². The first kappa shape index (κ1) is 20.0. The Kier molecular flexibility index (Phi) is 5.09. The second-order valence-electron chi connectivity index (χ2n) is 6.80. The van der Waals surface area contributed by atoms with Gasteiger partial charge >= 0.3 is 0 Å². The lowest BCUT2D eigenvalue weighted by atomic mass is 9.96. The minimum Gasteiger partial charge on any atom is -0.493 e. The van der Waals surface area contributed by atoms with E-state index in [1.54, 1.807) is 31.0 Å². The number of aromatic nitrogens is 3. The van der Waals surface area contributed by atoms with Crippen LogP contribution in [0, 0.1) is 18.3 Å². The van der Waals surface area contributed by atoms with E-state index in [1.807, 2.05) is 37.3 Å². The summed E-state index contributed by atoms with van der Waals surface area (Å²) in [7, 11) is 4.63. The lowest BCUT2D eigenvalue weighted by Crippen LogP contribution is -2.03. The number of rotatable bonds is 5. The molecule has 2 aromatic heterocycles. The van der Waals surface area contributed by atoms with Gasteiger partial charge in [0.2, 0.25) is 5.75 Å². The van der Waals surface area contributed by atoms with E-state index in [9.17, 15) is 5.26 Å². The molecule has 156 valence electrons. The summed E-state index contributed by atoms with van der Waals surface area (Å²) in [6, 6.07) is 15.4. The molecule has 0 unspecified atom stereocenters. The van der Waals surface area contributed by atoms with Crippen LogP contribution in [-0.2, 0) is 0 Å². The third-order valence-electron chi connectivity index (χ3n) is 5.08. The number of nitriles is 1. The fraction of sp³-hybridized carbons (Fsp3) is 0.174. The molecule has 2 heterocycles. The highest BCUT2D eigenvalue weighted by atomic mass is 16.5. The Morgan fingerprint density at radius 3 is 2.19 bits per heavy atom. The van der Waals surface area contributed by atoms with Gasteiger partial charge in [0.25, 0.3) is 0 Å². The summed E-state index contributed by atoms with van der Waals surface area (Å²) in [4.78, 5) is 4.52. The summed E-state index contributed by atoms with van der Waals surface area (Å²) in [6.07, 6.45) is 0. The quantitative estimate of drug-likeness (QED) is 0.527. The number of nitrogen functional groups attached to an aromatic ring is 1. The van der Waals surface area contributed by atoms with Crippen LogP contribution in [0.4, 0.5) is 5.82 Å². The second kappa shape index (κ2) is 7.88. The van der Waals surface area contributed by atoms with Crippen molar-refractivity contribution in [1.29, 1.82) is 5.26 Å². The minimum atomic E-state index is 0.121. The average Bonchev–Trinajstić information content (AvgIpc) is 3.13. The van der Waals surface area contributed by atoms with Crippen molar-refractivity contribution in [2.75, 3.05) is 27.1 Å². The monoisotopic (exact) mass is 415 g/mol. The number of methoxy groups -OCH3 is 3. The molecule has 8 nitrogen and oxygen atoms in total. The van der Waals surface area contributed by atoms with Gasteiger partial charge in [0.15, 0.2) is 17.1 Å². The third kappa shape index (κ3) is 3.16. The van der Waals surface area contributed by atoms with Crippen molar-refractivity contribution in [2.45, 2.75) is 6.92 Å². The molecule has 0 amide bonds. The van der Waals surface area contributed by atoms with Crippen molar-refractivity contribution >= 4 is 16.9 Å². The van der Waals surface area contributed by atoms with E-state index in [0.717, 1.165) is 11.1 Å². The molecule has 0 saturated carbocycles. The van der Waals surface area contributed by atoms with Gasteiger partial charge in [-0.25, -0.2) is 9.67 Å². The van der Waals surface area contributed by atoms with Gasteiger partial charge in [-0.2, -0.15) is 10.4 Å². The van der Waals surface area contributed by atoms with Crippen LogP contribution in [0.25, 0.3) is 27.8 Å². The van der Waals surface area contributed by atoms with E-state index in [0.29, 0.717) is 39.7 Å². The topological polar surface area (TPSA) is 108 Å². The van der Waals surface area contributed by atoms with Gasteiger partial charge in [0.05, 0.1) is 38.1 Å². The number of benzene rings is 2. The SMILES string of the molecule is COc1cc(-c2c(C#N)c(N)nc3c2c(C)nn3-c2ccccc2)cc(OC)c1OC. The Bertz CT molecular complexity index is 1300. The maximum absolute atomic E-state index is 9.90. The number of ether oxygens (including phenoxy) is 3. The number of hydrogen-bond acceptors (Lipinski definition) is 7. The molecule has 0 aliphatic carbocycles. The molecule has 0 radical (unpaired) electrons. The zero-order valence-electron chi connectivity index (χ0n) is 17.6. The fourth-order valence-corrected chi connectivity index (χ4v) is 3.71. The predicted octanol–water partition coefficient (Wildman–Crippen LogP) is 3.88. The number of fused-ring (bicyclic) bond motifs is 1. The summed E-state index contributed by atoms with van der Waals surface area (Å²) < 4.78 is 18.2. The van der Waals surface area contributed by atoms with Crippen LogP contribution in [0.5, 0.6) is 17.2 Å². The largest absolute Gasteiger partial charge is 0.493 e. The summed E-state index contributed by atoms with van der Waals surface area (Å²) >= 11 is 0. The van der Waals surface area contributed by atoms with E-state index in [4.69, 9.17) is 19.9 Å². The maximum Gasteiger partial charge on any atom is 0.203 e. The predicted molar refractivity (Wildman–Crippen MR) is 118 cm³/mol. The molecule has 0 aliphatic heterocycles. The molecule has 2 aromatic carbocycles. The van der Waals surface area contributed by atoms with E-state index in [1.165, 1.54) is 7.11 Å². The van der Waals surface area contributed by atoms with E-state index < -0.39 is 0 Å². The first-order valence-corrected chi connectivity index (χ1v) is 9.48. The molecule has 2 N–H and O–H groups in total. The zero-order valence-corrected chi connectivity index (χ0v) is 17.6. The van der Waals surface area contributed by atoms with Gasteiger partial charge in [0, 0.05) is 5.56 Å². The van der Waals surface area contributed by atoms with Crippen LogP contribution >= 0.6 is 0 Å². The van der Waals surface area contributed by atoms with Gasteiger partial charge < -0.3 is 19.9 Å². The first-order valence-electron chi connectivity index (χ1n) is 9.48. The van der Waals surface area contributed by atoms with Crippen LogP contribution in [0.2, 0.25) is 0 Å². The number of anilines is 1. The highest BCUT2D eigenvalue weighted by molar-refractivity contribution is 6.01. The molecule has 0 atom stereocenters. The van der Waals surface area contributed by atoms with Gasteiger partial charge in [0.1, 0.15) is 17.5 Å². The lowest BCUT2D eigenvalue weighted by Gasteiger charge is -2.16. The highest BCUT2D eigenvalue weighted by Gasteiger charge is 2.24. The maximum atomic E-state index is 9.90. The highest BCUT2D eigenvalue weighted by Crippen LogP contribution is 2.44. The Balaban J connectivity index is 2.12. The van der Waals surface area contributed by atoms with Crippen molar-refractivity contribution in [3.63, 3.8) is 0 Å². The number of para-hydroxylation sites is 1. The molecular formula is C23H21N5O3. The van der Waals surface area contributed by atoms with Crippen molar-refractivity contribution < 1.29 is 14.2 Å². The lowest BCUT2D eigenvalue weighted by molar-refractivity contribution is 0.324. The van der Waals surface area contributed by atoms with E-state index >= 15 is 0 Å². The van der Waals surface area contributed by atoms with Crippen LogP contribution in [0.3, 0.4) is 0 Å². The van der Waals surface area contributed by atoms with Gasteiger partial charge in [-0.3, -0.25) is 0 Å². The van der Waals surface area contributed by atoms with Crippen LogP contribution < -0.4 is 19.9 Å². The Labute approximate surface area is 179 Å². The van der Waals surface area contributed by atoms with Crippen LogP contribution in [-0.4, -0.2) is 36.1 Å². The van der Waals surface area contributed by atoms with Gasteiger partial charge in [-0.1, -0.05) is 18.2 Å². The molecule has 0 fully saturated rings. The molecule has 0 spiro atoms. The summed E-state index contributed by atoms with van der Waals surface area (Å²) in [5.74, 6) is 1.52. The number of aryl methyl sites for hydroxylation is 1.